The molecule has 0 saturated heterocycles. The molecule has 3 aromatic rings. The van der Waals surface area contributed by atoms with E-state index in [1.54, 1.807) is 0 Å². The molecule has 0 fully saturated rings. The lowest BCUT2D eigenvalue weighted by Gasteiger charge is -2.22. The van der Waals surface area contributed by atoms with Crippen molar-refractivity contribution in [2.75, 3.05) is 0 Å². The van der Waals surface area contributed by atoms with Gasteiger partial charge >= 0.3 is 0 Å². The SMILES string of the molecule is Cc1nc2c(c(C)c1C#N)C=C(/C(=N\[S+]([O-])C(C)(C)C)c1c(C)c(C)c(C)c3c1ccn3C)C2. The van der Waals surface area contributed by atoms with E-state index in [0.717, 1.165) is 50.3 Å². The van der Waals surface area contributed by atoms with Crippen LogP contribution in [0.1, 0.15) is 71.1 Å². The van der Waals surface area contributed by atoms with E-state index >= 15 is 0 Å². The zero-order chi connectivity index (χ0) is 25.1. The number of benzene rings is 1. The van der Waals surface area contributed by atoms with Crippen LogP contribution < -0.4 is 0 Å². The van der Waals surface area contributed by atoms with Crippen LogP contribution in [0.25, 0.3) is 17.0 Å². The molecule has 6 heteroatoms. The van der Waals surface area contributed by atoms with Crippen LogP contribution in [-0.2, 0) is 24.8 Å². The van der Waals surface area contributed by atoms with Gasteiger partial charge in [-0.3, -0.25) is 4.98 Å². The van der Waals surface area contributed by atoms with E-state index in [4.69, 9.17) is 9.38 Å². The number of rotatable bonds is 3. The molecule has 5 nitrogen and oxygen atoms in total. The van der Waals surface area contributed by atoms with E-state index in [0.29, 0.717) is 12.0 Å². The zero-order valence-corrected chi connectivity index (χ0v) is 22.4. The maximum atomic E-state index is 13.3. The number of fused-ring (bicyclic) bond motifs is 2. The van der Waals surface area contributed by atoms with E-state index in [1.807, 2.05) is 34.6 Å². The lowest BCUT2D eigenvalue weighted by atomic mass is 9.89. The number of nitrogens with zero attached hydrogens (tertiary/aromatic N) is 4. The minimum absolute atomic E-state index is 0.487. The number of hydrogen-bond donors (Lipinski definition) is 0. The molecule has 1 aliphatic carbocycles. The molecule has 0 aliphatic heterocycles. The maximum Gasteiger partial charge on any atom is 0.144 e. The first kappa shape index (κ1) is 24.3. The monoisotopic (exact) mass is 472 g/mol. The Hall–Kier alpha value is -2.88. The molecule has 0 amide bonds. The number of allylic oxidation sites excluding steroid dienone is 1. The first-order valence-corrected chi connectivity index (χ1v) is 12.6. The number of aromatic nitrogens is 2. The molecule has 1 unspecified atom stereocenters. The summed E-state index contributed by atoms with van der Waals surface area (Å²) in [5.41, 5.74) is 11.8. The van der Waals surface area contributed by atoms with Gasteiger partial charge in [0.05, 0.1) is 22.5 Å². The minimum Gasteiger partial charge on any atom is -0.591 e. The Morgan fingerprint density at radius 2 is 1.79 bits per heavy atom. The van der Waals surface area contributed by atoms with Gasteiger partial charge in [-0.1, -0.05) is 4.40 Å². The van der Waals surface area contributed by atoms with E-state index in [2.05, 4.69) is 56.8 Å². The predicted octanol–water partition coefficient (Wildman–Crippen LogP) is 5.88. The molecule has 34 heavy (non-hydrogen) atoms. The summed E-state index contributed by atoms with van der Waals surface area (Å²) in [7, 11) is 2.06. The van der Waals surface area contributed by atoms with Gasteiger partial charge in [-0.2, -0.15) is 5.26 Å². The fraction of sp³-hybridized carbons (Fsp3) is 0.393. The molecule has 0 N–H and O–H groups in total. The van der Waals surface area contributed by atoms with Crippen LogP contribution >= 0.6 is 0 Å². The summed E-state index contributed by atoms with van der Waals surface area (Å²) in [5.74, 6) is 0. The van der Waals surface area contributed by atoms with Crippen LogP contribution in [-0.4, -0.2) is 24.6 Å². The van der Waals surface area contributed by atoms with Crippen molar-refractivity contribution in [3.63, 3.8) is 0 Å². The zero-order valence-electron chi connectivity index (χ0n) is 21.5. The van der Waals surface area contributed by atoms with Gasteiger partial charge in [-0.05, 0) is 95.4 Å². The van der Waals surface area contributed by atoms with Gasteiger partial charge in [0.1, 0.15) is 27.9 Å². The smallest absolute Gasteiger partial charge is 0.144 e. The third kappa shape index (κ3) is 3.77. The first-order chi connectivity index (χ1) is 15.9. The fourth-order valence-electron chi connectivity index (χ4n) is 4.83. The van der Waals surface area contributed by atoms with E-state index in [9.17, 15) is 9.81 Å². The molecule has 0 bridgehead atoms. The van der Waals surface area contributed by atoms with Gasteiger partial charge in [-0.25, -0.2) is 0 Å². The molecule has 1 atom stereocenters. The fourth-order valence-corrected chi connectivity index (χ4v) is 5.47. The molecule has 2 heterocycles. The van der Waals surface area contributed by atoms with Gasteiger partial charge < -0.3 is 9.12 Å². The topological polar surface area (TPSA) is 77.0 Å². The summed E-state index contributed by atoms with van der Waals surface area (Å²) in [4.78, 5) is 4.75. The lowest BCUT2D eigenvalue weighted by molar-refractivity contribution is 0.561. The van der Waals surface area contributed by atoms with Crippen LogP contribution in [0.15, 0.2) is 22.2 Å². The summed E-state index contributed by atoms with van der Waals surface area (Å²) in [5, 5.41) is 10.7. The maximum absolute atomic E-state index is 13.3. The molecule has 176 valence electrons. The predicted molar refractivity (Wildman–Crippen MR) is 142 cm³/mol. The van der Waals surface area contributed by atoms with Crippen molar-refractivity contribution in [1.82, 2.24) is 9.55 Å². The quantitative estimate of drug-likeness (QED) is 0.353. The highest BCUT2D eigenvalue weighted by atomic mass is 32.2. The first-order valence-electron chi connectivity index (χ1n) is 11.5. The molecular weight excluding hydrogens is 440 g/mol. The summed E-state index contributed by atoms with van der Waals surface area (Å²) in [6.45, 7) is 16.1. The summed E-state index contributed by atoms with van der Waals surface area (Å²) >= 11 is -1.43. The largest absolute Gasteiger partial charge is 0.591 e. The number of nitriles is 1. The minimum atomic E-state index is -1.43. The van der Waals surface area contributed by atoms with Crippen LogP contribution in [0, 0.1) is 45.9 Å². The van der Waals surface area contributed by atoms with Crippen molar-refractivity contribution in [3.8, 4) is 6.07 Å². The number of hydrogen-bond acceptors (Lipinski definition) is 4. The molecule has 1 aromatic carbocycles. The Morgan fingerprint density at radius 1 is 1.12 bits per heavy atom. The highest BCUT2D eigenvalue weighted by molar-refractivity contribution is 7.91. The van der Waals surface area contributed by atoms with Gasteiger partial charge in [0, 0.05) is 36.2 Å². The molecule has 0 radical (unpaired) electrons. The van der Waals surface area contributed by atoms with Crippen molar-refractivity contribution in [2.24, 2.45) is 11.4 Å². The van der Waals surface area contributed by atoms with Gasteiger partial charge in [0.2, 0.25) is 0 Å². The van der Waals surface area contributed by atoms with Crippen LogP contribution in [0.2, 0.25) is 0 Å². The Bertz CT molecular complexity index is 1440. The Kier molecular flexibility index (Phi) is 6.00. The second kappa shape index (κ2) is 8.41. The number of aryl methyl sites for hydroxylation is 3. The van der Waals surface area contributed by atoms with Crippen LogP contribution in [0.4, 0.5) is 0 Å². The Morgan fingerprint density at radius 3 is 2.41 bits per heavy atom. The standard InChI is InChI=1S/C28H32N4OS/c1-15-16(2)25(21-10-11-32(9)27(21)17(15)3)26(31-34(33)28(6,7)8)20-12-22-18(4)23(14-29)19(5)30-24(22)13-20/h10-12H,13H2,1-9H3/b31-26+. The third-order valence-corrected chi connectivity index (χ3v) is 8.37. The van der Waals surface area contributed by atoms with Gasteiger partial charge in [0.25, 0.3) is 0 Å². The molecule has 0 saturated carbocycles. The second-order valence-electron chi connectivity index (χ2n) is 10.3. The average molecular weight is 473 g/mol. The molecule has 0 spiro atoms. The highest BCUT2D eigenvalue weighted by Crippen LogP contribution is 2.37. The van der Waals surface area contributed by atoms with Crippen LogP contribution in [0.5, 0.6) is 0 Å². The molecule has 1 aliphatic rings. The van der Waals surface area contributed by atoms with Crippen molar-refractivity contribution < 1.29 is 4.55 Å². The van der Waals surface area contributed by atoms with Crippen molar-refractivity contribution >= 4 is 34.1 Å². The van der Waals surface area contributed by atoms with Gasteiger partial charge in [-0.15, -0.1) is 0 Å². The molecule has 4 rings (SSSR count). The van der Waals surface area contributed by atoms with E-state index in [-0.39, 0.29) is 0 Å². The molecule has 2 aromatic heterocycles. The van der Waals surface area contributed by atoms with Crippen LogP contribution in [0.3, 0.4) is 0 Å². The third-order valence-electron chi connectivity index (χ3n) is 6.98. The highest BCUT2D eigenvalue weighted by Gasteiger charge is 2.32. The summed E-state index contributed by atoms with van der Waals surface area (Å²) in [6, 6.07) is 4.43. The summed E-state index contributed by atoms with van der Waals surface area (Å²) < 4.78 is 19.9. The van der Waals surface area contributed by atoms with Gasteiger partial charge in [0.15, 0.2) is 0 Å². The van der Waals surface area contributed by atoms with E-state index < -0.39 is 16.1 Å². The summed E-state index contributed by atoms with van der Waals surface area (Å²) in [6.07, 6.45) is 4.77. The normalized spacial score (nSPS) is 14.9. The Balaban J connectivity index is 2.03. The number of pyridine rings is 1. The lowest BCUT2D eigenvalue weighted by Crippen LogP contribution is -2.27. The van der Waals surface area contributed by atoms with Crippen molar-refractivity contribution in [2.45, 2.75) is 66.6 Å². The molecular formula is C28H32N4OS. The average Bonchev–Trinajstić information content (AvgIpc) is 3.34. The second-order valence-corrected chi connectivity index (χ2v) is 12.2. The Labute approximate surface area is 205 Å². The van der Waals surface area contributed by atoms with Crippen molar-refractivity contribution in [3.05, 3.63) is 68.2 Å². The van der Waals surface area contributed by atoms with Crippen molar-refractivity contribution in [1.29, 1.82) is 5.26 Å². The van der Waals surface area contributed by atoms with E-state index in [1.165, 1.54) is 16.6 Å².